The van der Waals surface area contributed by atoms with E-state index in [1.165, 1.54) is 7.11 Å². The number of aldehydes is 1. The summed E-state index contributed by atoms with van der Waals surface area (Å²) in [5.74, 6) is -0.484. The van der Waals surface area contributed by atoms with Gasteiger partial charge in [-0.25, -0.2) is 4.79 Å². The Kier molecular flexibility index (Phi) is 4.20. The van der Waals surface area contributed by atoms with E-state index < -0.39 is 5.97 Å². The second-order valence-corrected chi connectivity index (χ2v) is 4.66. The number of nitrogens with zero attached hydrogens (tertiary/aromatic N) is 2. The molecule has 20 heavy (non-hydrogen) atoms. The van der Waals surface area contributed by atoms with Crippen LogP contribution in [0.5, 0.6) is 0 Å². The van der Waals surface area contributed by atoms with E-state index in [1.807, 2.05) is 0 Å². The first-order valence-corrected chi connectivity index (χ1v) is 6.29. The molecule has 6 heteroatoms. The molecule has 5 nitrogen and oxygen atoms in total. The van der Waals surface area contributed by atoms with Gasteiger partial charge in [0, 0.05) is 6.20 Å². The van der Waals surface area contributed by atoms with Crippen molar-refractivity contribution in [3.63, 3.8) is 0 Å². The molecule has 2 aromatic rings. The van der Waals surface area contributed by atoms with Gasteiger partial charge in [0.2, 0.25) is 0 Å². The highest BCUT2D eigenvalue weighted by atomic mass is 35.5. The van der Waals surface area contributed by atoms with Crippen molar-refractivity contribution in [2.24, 2.45) is 0 Å². The Morgan fingerprint density at radius 3 is 2.85 bits per heavy atom. The highest BCUT2D eigenvalue weighted by Crippen LogP contribution is 2.23. The number of benzene rings is 1. The average Bonchev–Trinajstić information content (AvgIpc) is 2.80. The molecule has 0 saturated heterocycles. The molecule has 0 aliphatic heterocycles. The Morgan fingerprint density at radius 1 is 1.50 bits per heavy atom. The number of methoxy groups -OCH3 is 1. The molecule has 0 bridgehead atoms. The Morgan fingerprint density at radius 2 is 2.25 bits per heavy atom. The number of aryl methyl sites for hydroxylation is 1. The number of esters is 1. The summed E-state index contributed by atoms with van der Waals surface area (Å²) in [7, 11) is 1.30. The summed E-state index contributed by atoms with van der Waals surface area (Å²) in [6.07, 6.45) is 2.46. The first-order chi connectivity index (χ1) is 9.56. The maximum atomic E-state index is 11.6. The van der Waals surface area contributed by atoms with Crippen LogP contribution < -0.4 is 0 Å². The number of ether oxygens (including phenoxy) is 1. The summed E-state index contributed by atoms with van der Waals surface area (Å²) in [5, 5.41) is 4.47. The summed E-state index contributed by atoms with van der Waals surface area (Å²) in [6.45, 7) is 2.18. The van der Waals surface area contributed by atoms with Crippen LogP contribution in [0.25, 0.3) is 0 Å². The molecule has 0 amide bonds. The summed E-state index contributed by atoms with van der Waals surface area (Å²) in [6, 6.07) is 5.12. The fourth-order valence-corrected chi connectivity index (χ4v) is 2.14. The molecule has 0 spiro atoms. The standard InChI is InChI=1S/C14H13ClN2O3/c1-9-6-17(16-12(9)8-18)7-10-4-3-5-11(13(10)15)14(19)20-2/h3-6,8H,7H2,1-2H3. The third-order valence-corrected chi connectivity index (χ3v) is 3.36. The van der Waals surface area contributed by atoms with Crippen molar-refractivity contribution in [2.75, 3.05) is 7.11 Å². The summed E-state index contributed by atoms with van der Waals surface area (Å²) in [5.41, 5.74) is 2.23. The number of aromatic nitrogens is 2. The molecule has 0 aliphatic rings. The van der Waals surface area contributed by atoms with Gasteiger partial charge in [-0.05, 0) is 24.1 Å². The van der Waals surface area contributed by atoms with Crippen molar-refractivity contribution in [1.82, 2.24) is 9.78 Å². The van der Waals surface area contributed by atoms with E-state index in [9.17, 15) is 9.59 Å². The lowest BCUT2D eigenvalue weighted by molar-refractivity contribution is 0.0600. The van der Waals surface area contributed by atoms with E-state index in [1.54, 1.807) is 36.0 Å². The molecule has 0 saturated carbocycles. The molecular weight excluding hydrogens is 280 g/mol. The number of carbonyl (C=O) groups is 2. The highest BCUT2D eigenvalue weighted by molar-refractivity contribution is 6.34. The number of rotatable bonds is 4. The van der Waals surface area contributed by atoms with Gasteiger partial charge in [-0.2, -0.15) is 5.10 Å². The summed E-state index contributed by atoms with van der Waals surface area (Å²) in [4.78, 5) is 22.3. The van der Waals surface area contributed by atoms with Crippen LogP contribution in [0.3, 0.4) is 0 Å². The van der Waals surface area contributed by atoms with Crippen LogP contribution in [0.1, 0.15) is 32.0 Å². The topological polar surface area (TPSA) is 61.2 Å². The third-order valence-electron chi connectivity index (χ3n) is 2.91. The van der Waals surface area contributed by atoms with Gasteiger partial charge < -0.3 is 4.74 Å². The normalized spacial score (nSPS) is 10.3. The molecule has 0 fully saturated rings. The molecule has 2 rings (SSSR count). The molecule has 1 aromatic carbocycles. The van der Waals surface area contributed by atoms with Crippen molar-refractivity contribution in [3.05, 3.63) is 51.8 Å². The van der Waals surface area contributed by atoms with Gasteiger partial charge >= 0.3 is 5.97 Å². The zero-order valence-electron chi connectivity index (χ0n) is 11.1. The molecule has 0 radical (unpaired) electrons. The minimum Gasteiger partial charge on any atom is -0.465 e. The fourth-order valence-electron chi connectivity index (χ4n) is 1.88. The SMILES string of the molecule is COC(=O)c1cccc(Cn2cc(C)c(C=O)n2)c1Cl. The van der Waals surface area contributed by atoms with Gasteiger partial charge in [-0.15, -0.1) is 0 Å². The lowest BCUT2D eigenvalue weighted by atomic mass is 10.1. The quantitative estimate of drug-likeness (QED) is 0.641. The van der Waals surface area contributed by atoms with E-state index in [-0.39, 0.29) is 0 Å². The van der Waals surface area contributed by atoms with E-state index in [4.69, 9.17) is 11.6 Å². The van der Waals surface area contributed by atoms with Crippen LogP contribution in [-0.2, 0) is 11.3 Å². The highest BCUT2D eigenvalue weighted by Gasteiger charge is 2.14. The predicted molar refractivity (Wildman–Crippen MR) is 74.2 cm³/mol. The van der Waals surface area contributed by atoms with Crippen molar-refractivity contribution in [1.29, 1.82) is 0 Å². The Balaban J connectivity index is 2.33. The molecule has 1 aromatic heterocycles. The number of hydrogen-bond acceptors (Lipinski definition) is 4. The Bertz CT molecular complexity index is 664. The Hall–Kier alpha value is -2.14. The summed E-state index contributed by atoms with van der Waals surface area (Å²) < 4.78 is 6.28. The van der Waals surface area contributed by atoms with Crippen LogP contribution in [-0.4, -0.2) is 29.1 Å². The van der Waals surface area contributed by atoms with Gasteiger partial charge in [0.25, 0.3) is 0 Å². The van der Waals surface area contributed by atoms with Crippen LogP contribution in [0.2, 0.25) is 5.02 Å². The van der Waals surface area contributed by atoms with Crippen LogP contribution in [0.15, 0.2) is 24.4 Å². The first kappa shape index (κ1) is 14.3. The summed E-state index contributed by atoms with van der Waals surface area (Å²) >= 11 is 6.20. The minimum atomic E-state index is -0.484. The largest absolute Gasteiger partial charge is 0.465 e. The van der Waals surface area contributed by atoms with Gasteiger partial charge in [-0.1, -0.05) is 23.7 Å². The molecular formula is C14H13ClN2O3. The Labute approximate surface area is 121 Å². The van der Waals surface area contributed by atoms with Crippen LogP contribution in [0.4, 0.5) is 0 Å². The maximum absolute atomic E-state index is 11.6. The smallest absolute Gasteiger partial charge is 0.339 e. The average molecular weight is 293 g/mol. The predicted octanol–water partition coefficient (Wildman–Crippen LogP) is 2.49. The van der Waals surface area contributed by atoms with Gasteiger partial charge in [0.1, 0.15) is 5.69 Å². The van der Waals surface area contributed by atoms with Crippen molar-refractivity contribution in [3.8, 4) is 0 Å². The zero-order valence-corrected chi connectivity index (χ0v) is 11.8. The first-order valence-electron chi connectivity index (χ1n) is 5.91. The van der Waals surface area contributed by atoms with Crippen LogP contribution >= 0.6 is 11.6 Å². The van der Waals surface area contributed by atoms with E-state index in [0.29, 0.717) is 29.1 Å². The van der Waals surface area contributed by atoms with E-state index >= 15 is 0 Å². The second kappa shape index (κ2) is 5.88. The second-order valence-electron chi connectivity index (χ2n) is 4.28. The van der Waals surface area contributed by atoms with Crippen molar-refractivity contribution >= 4 is 23.9 Å². The molecule has 104 valence electrons. The lowest BCUT2D eigenvalue weighted by Gasteiger charge is -2.08. The number of halogens is 1. The molecule has 0 atom stereocenters. The van der Waals surface area contributed by atoms with E-state index in [2.05, 4.69) is 9.84 Å². The zero-order chi connectivity index (χ0) is 14.7. The minimum absolute atomic E-state index is 0.311. The van der Waals surface area contributed by atoms with Gasteiger partial charge in [-0.3, -0.25) is 9.48 Å². The van der Waals surface area contributed by atoms with Crippen molar-refractivity contribution < 1.29 is 14.3 Å². The molecule has 0 N–H and O–H groups in total. The molecule has 0 aliphatic carbocycles. The number of hydrogen-bond donors (Lipinski definition) is 0. The van der Waals surface area contributed by atoms with Crippen LogP contribution in [0, 0.1) is 6.92 Å². The lowest BCUT2D eigenvalue weighted by Crippen LogP contribution is -2.06. The monoisotopic (exact) mass is 292 g/mol. The van der Waals surface area contributed by atoms with Gasteiger partial charge in [0.15, 0.2) is 6.29 Å². The van der Waals surface area contributed by atoms with E-state index in [0.717, 1.165) is 11.1 Å². The van der Waals surface area contributed by atoms with Gasteiger partial charge in [0.05, 0.1) is 24.2 Å². The third kappa shape index (κ3) is 2.72. The number of carbonyl (C=O) groups excluding carboxylic acids is 2. The molecule has 0 unspecified atom stereocenters. The van der Waals surface area contributed by atoms with Crippen molar-refractivity contribution in [2.45, 2.75) is 13.5 Å². The molecule has 1 heterocycles. The maximum Gasteiger partial charge on any atom is 0.339 e. The fraction of sp³-hybridized carbons (Fsp3) is 0.214.